The second kappa shape index (κ2) is 7.65. The number of nitrogens with zero attached hydrogens (tertiary/aromatic N) is 3. The van der Waals surface area contributed by atoms with Crippen molar-refractivity contribution in [2.45, 2.75) is 32.7 Å². The first-order valence-corrected chi connectivity index (χ1v) is 9.91. The molecule has 2 atom stereocenters. The van der Waals surface area contributed by atoms with Gasteiger partial charge in [-0.1, -0.05) is 43.3 Å². The van der Waals surface area contributed by atoms with E-state index in [0.29, 0.717) is 5.92 Å². The minimum absolute atomic E-state index is 0.290. The first-order valence-electron chi connectivity index (χ1n) is 9.91. The molecule has 2 aromatic carbocycles. The van der Waals surface area contributed by atoms with Crippen molar-refractivity contribution in [2.75, 3.05) is 18.0 Å². The first-order chi connectivity index (χ1) is 13.1. The molecule has 0 amide bonds. The van der Waals surface area contributed by atoms with E-state index in [4.69, 9.17) is 10.7 Å². The molecule has 1 saturated heterocycles. The summed E-state index contributed by atoms with van der Waals surface area (Å²) in [4.78, 5) is 11.6. The Morgan fingerprint density at radius 2 is 1.85 bits per heavy atom. The lowest BCUT2D eigenvalue weighted by molar-refractivity contribution is 0.305. The monoisotopic (exact) mass is 360 g/mol. The van der Waals surface area contributed by atoms with Crippen LogP contribution in [0.25, 0.3) is 22.0 Å². The van der Waals surface area contributed by atoms with Gasteiger partial charge in [0.25, 0.3) is 0 Å². The van der Waals surface area contributed by atoms with Gasteiger partial charge in [0.1, 0.15) is 0 Å². The third-order valence-electron chi connectivity index (χ3n) is 5.44. The summed E-state index contributed by atoms with van der Waals surface area (Å²) in [6.07, 6.45) is 4.21. The molecule has 0 radical (unpaired) electrons. The summed E-state index contributed by atoms with van der Waals surface area (Å²) in [5.74, 6) is 2.26. The Kier molecular flexibility index (Phi) is 5.08. The maximum atomic E-state index is 5.92. The molecule has 1 aromatic heterocycles. The Balaban J connectivity index is 1.44. The minimum atomic E-state index is 0.290. The standard InChI is InChI=1S/C23H28N4/c1-16(11-17(2)24)12-18-14-27(15-18)23-25-10-9-22(26-23)21-8-7-19-5-3-4-6-20(19)13-21/h3-10,13,16-18H,11-12,14-15,24H2,1-2H3. The van der Waals surface area contributed by atoms with Crippen LogP contribution < -0.4 is 10.6 Å². The van der Waals surface area contributed by atoms with Gasteiger partial charge >= 0.3 is 0 Å². The zero-order valence-corrected chi connectivity index (χ0v) is 16.2. The fraction of sp³-hybridized carbons (Fsp3) is 0.391. The number of nitrogens with two attached hydrogens (primary N) is 1. The van der Waals surface area contributed by atoms with Gasteiger partial charge in [0.2, 0.25) is 5.95 Å². The number of benzene rings is 2. The molecule has 2 heterocycles. The highest BCUT2D eigenvalue weighted by Crippen LogP contribution is 2.29. The summed E-state index contributed by atoms with van der Waals surface area (Å²) in [5.41, 5.74) is 8.05. The van der Waals surface area contributed by atoms with Gasteiger partial charge in [0, 0.05) is 30.9 Å². The van der Waals surface area contributed by atoms with Crippen LogP contribution in [-0.4, -0.2) is 29.1 Å². The maximum Gasteiger partial charge on any atom is 0.225 e. The molecule has 0 saturated carbocycles. The second-order valence-corrected chi connectivity index (χ2v) is 8.13. The topological polar surface area (TPSA) is 55.0 Å². The summed E-state index contributed by atoms with van der Waals surface area (Å²) >= 11 is 0. The Hall–Kier alpha value is -2.46. The van der Waals surface area contributed by atoms with Gasteiger partial charge < -0.3 is 10.6 Å². The molecule has 3 aromatic rings. The van der Waals surface area contributed by atoms with E-state index >= 15 is 0 Å². The summed E-state index contributed by atoms with van der Waals surface area (Å²) in [6.45, 7) is 6.49. The molecule has 4 heteroatoms. The number of hydrogen-bond donors (Lipinski definition) is 1. The molecule has 1 aliphatic heterocycles. The van der Waals surface area contributed by atoms with Gasteiger partial charge in [0.05, 0.1) is 5.69 Å². The third-order valence-corrected chi connectivity index (χ3v) is 5.44. The van der Waals surface area contributed by atoms with Crippen molar-refractivity contribution < 1.29 is 0 Å². The lowest BCUT2D eigenvalue weighted by atomic mass is 9.87. The van der Waals surface area contributed by atoms with Crippen LogP contribution in [0.4, 0.5) is 5.95 Å². The van der Waals surface area contributed by atoms with Crippen molar-refractivity contribution in [1.29, 1.82) is 0 Å². The van der Waals surface area contributed by atoms with Crippen LogP contribution in [0.15, 0.2) is 54.7 Å². The van der Waals surface area contributed by atoms with E-state index < -0.39 is 0 Å². The molecule has 27 heavy (non-hydrogen) atoms. The summed E-state index contributed by atoms with van der Waals surface area (Å²) in [5, 5.41) is 2.49. The van der Waals surface area contributed by atoms with Gasteiger partial charge in [0.15, 0.2) is 0 Å². The van der Waals surface area contributed by atoms with Crippen molar-refractivity contribution in [3.8, 4) is 11.3 Å². The van der Waals surface area contributed by atoms with E-state index in [2.05, 4.69) is 66.2 Å². The molecule has 1 fully saturated rings. The smallest absolute Gasteiger partial charge is 0.225 e. The average Bonchev–Trinajstić information content (AvgIpc) is 2.63. The minimum Gasteiger partial charge on any atom is -0.340 e. The maximum absolute atomic E-state index is 5.92. The van der Waals surface area contributed by atoms with E-state index in [1.54, 1.807) is 0 Å². The molecule has 140 valence electrons. The van der Waals surface area contributed by atoms with Crippen LogP contribution in [0.5, 0.6) is 0 Å². The summed E-state index contributed by atoms with van der Waals surface area (Å²) < 4.78 is 0. The van der Waals surface area contributed by atoms with Gasteiger partial charge in [-0.05, 0) is 54.5 Å². The second-order valence-electron chi connectivity index (χ2n) is 8.13. The molecule has 1 aliphatic rings. The van der Waals surface area contributed by atoms with Crippen LogP contribution in [0.1, 0.15) is 26.7 Å². The Morgan fingerprint density at radius 1 is 1.07 bits per heavy atom. The molecule has 0 spiro atoms. The lowest BCUT2D eigenvalue weighted by Crippen LogP contribution is -2.48. The number of fused-ring (bicyclic) bond motifs is 1. The van der Waals surface area contributed by atoms with Crippen molar-refractivity contribution in [3.63, 3.8) is 0 Å². The highest BCUT2D eigenvalue weighted by Gasteiger charge is 2.30. The van der Waals surface area contributed by atoms with Crippen LogP contribution in [0.2, 0.25) is 0 Å². The SMILES string of the molecule is CC(N)CC(C)CC1CN(c2nccc(-c3ccc4ccccc4c3)n2)C1. The Labute approximate surface area is 161 Å². The average molecular weight is 361 g/mol. The fourth-order valence-corrected chi connectivity index (χ4v) is 4.19. The molecule has 4 rings (SSSR count). The predicted molar refractivity (Wildman–Crippen MR) is 113 cm³/mol. The van der Waals surface area contributed by atoms with Gasteiger partial charge in [-0.25, -0.2) is 9.97 Å². The van der Waals surface area contributed by atoms with E-state index in [9.17, 15) is 0 Å². The molecule has 0 aliphatic carbocycles. The number of anilines is 1. The molecule has 2 unspecified atom stereocenters. The van der Waals surface area contributed by atoms with E-state index in [1.165, 1.54) is 17.2 Å². The van der Waals surface area contributed by atoms with Crippen LogP contribution in [0.3, 0.4) is 0 Å². The zero-order chi connectivity index (χ0) is 18.8. The third kappa shape index (κ3) is 4.11. The van der Waals surface area contributed by atoms with Crippen molar-refractivity contribution in [1.82, 2.24) is 9.97 Å². The molecule has 4 nitrogen and oxygen atoms in total. The molecule has 2 N–H and O–H groups in total. The lowest BCUT2D eigenvalue weighted by Gasteiger charge is -2.40. The van der Waals surface area contributed by atoms with Crippen molar-refractivity contribution in [3.05, 3.63) is 54.7 Å². The normalized spacial score (nSPS) is 16.9. The largest absolute Gasteiger partial charge is 0.340 e. The number of rotatable bonds is 6. The Bertz CT molecular complexity index is 915. The van der Waals surface area contributed by atoms with Gasteiger partial charge in [-0.15, -0.1) is 0 Å². The van der Waals surface area contributed by atoms with Crippen molar-refractivity contribution in [2.24, 2.45) is 17.6 Å². The number of aromatic nitrogens is 2. The molecular weight excluding hydrogens is 332 g/mol. The summed E-state index contributed by atoms with van der Waals surface area (Å²) in [6, 6.07) is 17.2. The van der Waals surface area contributed by atoms with Crippen molar-refractivity contribution >= 4 is 16.7 Å². The zero-order valence-electron chi connectivity index (χ0n) is 16.2. The molecular formula is C23H28N4. The van der Waals surface area contributed by atoms with Gasteiger partial charge in [-0.2, -0.15) is 0 Å². The fourth-order valence-electron chi connectivity index (χ4n) is 4.19. The van der Waals surface area contributed by atoms with E-state index in [1.807, 2.05) is 12.3 Å². The van der Waals surface area contributed by atoms with Crippen LogP contribution in [0, 0.1) is 11.8 Å². The quantitative estimate of drug-likeness (QED) is 0.703. The van der Waals surface area contributed by atoms with Gasteiger partial charge in [-0.3, -0.25) is 0 Å². The first kappa shape index (κ1) is 17.9. The Morgan fingerprint density at radius 3 is 2.63 bits per heavy atom. The predicted octanol–water partition coefficient (Wildman–Crippen LogP) is 4.50. The highest BCUT2D eigenvalue weighted by molar-refractivity contribution is 5.86. The molecule has 0 bridgehead atoms. The number of hydrogen-bond acceptors (Lipinski definition) is 4. The highest BCUT2D eigenvalue weighted by atomic mass is 15.3. The van der Waals surface area contributed by atoms with E-state index in [-0.39, 0.29) is 6.04 Å². The van der Waals surface area contributed by atoms with Crippen LogP contribution >= 0.6 is 0 Å². The van der Waals surface area contributed by atoms with Crippen LogP contribution in [-0.2, 0) is 0 Å². The van der Waals surface area contributed by atoms with E-state index in [0.717, 1.165) is 42.6 Å². The summed E-state index contributed by atoms with van der Waals surface area (Å²) in [7, 11) is 0.